The normalized spacial score (nSPS) is 10.1. The first-order valence-electron chi connectivity index (χ1n) is 13.0. The molecular weight excluding hydrogens is 671 g/mol. The molecular formula is C24H23FN10O14. The molecule has 2 aromatic heterocycles. The predicted octanol–water partition coefficient (Wildman–Crippen LogP) is 3.27. The van der Waals surface area contributed by atoms with E-state index in [0.717, 1.165) is 30.5 Å². The molecule has 2 aromatic carbocycles. The first-order valence-corrected chi connectivity index (χ1v) is 13.0. The van der Waals surface area contributed by atoms with Crippen molar-refractivity contribution in [3.63, 3.8) is 0 Å². The number of non-ortho nitro benzene ring substituents is 2. The third-order valence-corrected chi connectivity index (χ3v) is 6.10. The minimum absolute atomic E-state index is 0.0410. The van der Waals surface area contributed by atoms with Crippen molar-refractivity contribution in [1.82, 2.24) is 19.1 Å². The molecule has 0 aliphatic rings. The van der Waals surface area contributed by atoms with Crippen LogP contribution < -0.4 is 4.74 Å². The summed E-state index contributed by atoms with van der Waals surface area (Å²) in [5, 5.41) is 71.5. The van der Waals surface area contributed by atoms with Crippen molar-refractivity contribution in [3.05, 3.63) is 127 Å². The van der Waals surface area contributed by atoms with Crippen molar-refractivity contribution in [2.24, 2.45) is 14.1 Å². The van der Waals surface area contributed by atoms with Crippen LogP contribution in [0.2, 0.25) is 0 Å². The fraction of sp³-hybridized carbons (Fsp3) is 0.250. The maximum Gasteiger partial charge on any atom is 0.342 e. The number of ether oxygens (including phenoxy) is 1. The van der Waals surface area contributed by atoms with Crippen molar-refractivity contribution in [3.8, 4) is 5.75 Å². The molecule has 0 aliphatic heterocycles. The van der Waals surface area contributed by atoms with E-state index in [1.54, 1.807) is 7.05 Å². The minimum Gasteiger partial charge on any atom is -0.486 e. The van der Waals surface area contributed by atoms with Gasteiger partial charge in [-0.3, -0.25) is 40.5 Å². The number of aromatic nitrogens is 4. The first-order chi connectivity index (χ1) is 23.0. The SMILES string of the molecule is Cn1c([N+](=O)[O-])cnc1CCO.Cn1c([N+](=O)[O-])cnc1CCOc1ccc([N+](=O)[O-])cc1[N+](=O)[O-].O=[N+]([O-])c1ccc(F)c([N+](=O)[O-])c1. The van der Waals surface area contributed by atoms with E-state index in [0.29, 0.717) is 30.2 Å². The van der Waals surface area contributed by atoms with Crippen LogP contribution in [0.4, 0.5) is 38.8 Å². The predicted molar refractivity (Wildman–Crippen MR) is 159 cm³/mol. The number of hydrogen-bond acceptors (Lipinski definition) is 16. The van der Waals surface area contributed by atoms with Crippen molar-refractivity contribution in [2.45, 2.75) is 12.8 Å². The van der Waals surface area contributed by atoms with E-state index in [1.165, 1.54) is 22.4 Å². The number of hydrogen-bond donors (Lipinski definition) is 1. The molecule has 49 heavy (non-hydrogen) atoms. The molecule has 4 rings (SSSR count). The van der Waals surface area contributed by atoms with E-state index in [-0.39, 0.29) is 37.0 Å². The summed E-state index contributed by atoms with van der Waals surface area (Å²) in [6, 6.07) is 5.17. The van der Waals surface area contributed by atoms with Crippen LogP contribution in [-0.4, -0.2) is 67.0 Å². The van der Waals surface area contributed by atoms with Gasteiger partial charge in [0.15, 0.2) is 17.4 Å². The van der Waals surface area contributed by atoms with Gasteiger partial charge in [0.25, 0.3) is 11.4 Å². The van der Waals surface area contributed by atoms with Gasteiger partial charge in [-0.05, 0) is 22.0 Å². The van der Waals surface area contributed by atoms with Crippen LogP contribution in [0.1, 0.15) is 11.6 Å². The topological polar surface area (TPSA) is 324 Å². The fourth-order valence-corrected chi connectivity index (χ4v) is 3.67. The third-order valence-electron chi connectivity index (χ3n) is 6.10. The second-order valence-corrected chi connectivity index (χ2v) is 9.09. The van der Waals surface area contributed by atoms with Gasteiger partial charge in [0.1, 0.15) is 12.4 Å². The Bertz CT molecular complexity index is 1890. The van der Waals surface area contributed by atoms with Gasteiger partial charge < -0.3 is 30.1 Å². The van der Waals surface area contributed by atoms with Gasteiger partial charge in [-0.15, -0.1) is 0 Å². The van der Waals surface area contributed by atoms with Crippen LogP contribution in [0.25, 0.3) is 0 Å². The summed E-state index contributed by atoms with van der Waals surface area (Å²) in [7, 11) is 3.02. The van der Waals surface area contributed by atoms with Crippen molar-refractivity contribution in [2.75, 3.05) is 13.2 Å². The molecule has 0 spiro atoms. The van der Waals surface area contributed by atoms with Gasteiger partial charge >= 0.3 is 23.0 Å². The molecule has 260 valence electrons. The summed E-state index contributed by atoms with van der Waals surface area (Å²) in [6.07, 6.45) is 2.79. The highest BCUT2D eigenvalue weighted by atomic mass is 19.1. The number of nitro benzene ring substituents is 4. The van der Waals surface area contributed by atoms with E-state index in [2.05, 4.69) is 9.97 Å². The second-order valence-electron chi connectivity index (χ2n) is 9.09. The molecule has 0 bridgehead atoms. The Labute approximate surface area is 270 Å². The van der Waals surface area contributed by atoms with Gasteiger partial charge in [0, 0.05) is 12.1 Å². The van der Waals surface area contributed by atoms with Crippen molar-refractivity contribution in [1.29, 1.82) is 0 Å². The third kappa shape index (κ3) is 10.2. The standard InChI is InChI=1S/C12H11N5O7.C6H3FN2O4.C6H9N3O3/c1-14-11(13-7-12(14)17(22)23)4-5-24-10-3-2-8(15(18)19)6-9(10)16(20)21;7-5-2-1-4(8(10)11)3-6(5)9(12)13;1-8-5(2-3-10)7-4-6(8)9(11)12/h2-3,6-7H,4-5H2,1H3;1-3H;4,10H,2-3H2,1H3. The smallest absolute Gasteiger partial charge is 0.342 e. The first kappa shape index (κ1) is 38.1. The summed E-state index contributed by atoms with van der Waals surface area (Å²) < 4.78 is 20.5. The largest absolute Gasteiger partial charge is 0.486 e. The second kappa shape index (κ2) is 17.0. The van der Waals surface area contributed by atoms with Gasteiger partial charge in [-0.2, -0.15) is 4.39 Å². The maximum atomic E-state index is 12.6. The summed E-state index contributed by atoms with van der Waals surface area (Å²) in [5.74, 6) is -0.579. The van der Waals surface area contributed by atoms with Crippen molar-refractivity contribution >= 4 is 34.4 Å². The summed E-state index contributed by atoms with van der Waals surface area (Å²) >= 11 is 0. The Morgan fingerprint density at radius 2 is 1.12 bits per heavy atom. The molecule has 2 heterocycles. The average molecular weight is 695 g/mol. The number of nitrogens with zero attached hydrogens (tertiary/aromatic N) is 10. The van der Waals surface area contributed by atoms with E-state index < -0.39 is 58.1 Å². The fourth-order valence-electron chi connectivity index (χ4n) is 3.67. The lowest BCUT2D eigenvalue weighted by Gasteiger charge is -2.05. The van der Waals surface area contributed by atoms with Gasteiger partial charge in [-0.25, -0.2) is 19.1 Å². The molecule has 0 unspecified atom stereocenters. The number of imidazole rings is 2. The zero-order valence-corrected chi connectivity index (χ0v) is 25.1. The van der Waals surface area contributed by atoms with Gasteiger partial charge in [0.2, 0.25) is 5.82 Å². The highest BCUT2D eigenvalue weighted by Gasteiger charge is 2.22. The van der Waals surface area contributed by atoms with E-state index in [4.69, 9.17) is 9.84 Å². The number of aliphatic hydroxyl groups is 1. The number of halogens is 1. The monoisotopic (exact) mass is 694 g/mol. The molecule has 4 aromatic rings. The average Bonchev–Trinajstić information content (AvgIpc) is 3.59. The van der Waals surface area contributed by atoms with Crippen LogP contribution in [0.15, 0.2) is 48.8 Å². The Hall–Kier alpha value is -7.05. The van der Waals surface area contributed by atoms with Crippen LogP contribution in [-0.2, 0) is 26.9 Å². The molecule has 0 radical (unpaired) electrons. The molecule has 0 saturated carbocycles. The molecule has 24 nitrogen and oxygen atoms in total. The molecule has 25 heteroatoms. The molecule has 1 N–H and O–H groups in total. The Kier molecular flexibility index (Phi) is 13.3. The van der Waals surface area contributed by atoms with E-state index in [9.17, 15) is 65.1 Å². The van der Waals surface area contributed by atoms with Gasteiger partial charge in [-0.1, -0.05) is 0 Å². The lowest BCUT2D eigenvalue weighted by Crippen LogP contribution is -2.08. The van der Waals surface area contributed by atoms with Crippen LogP contribution in [0.3, 0.4) is 0 Å². The lowest BCUT2D eigenvalue weighted by atomic mass is 10.2. The van der Waals surface area contributed by atoms with E-state index in [1.807, 2.05) is 0 Å². The van der Waals surface area contributed by atoms with Crippen LogP contribution >= 0.6 is 0 Å². The molecule has 0 amide bonds. The highest BCUT2D eigenvalue weighted by molar-refractivity contribution is 5.53. The van der Waals surface area contributed by atoms with Crippen LogP contribution in [0.5, 0.6) is 5.75 Å². The van der Waals surface area contributed by atoms with E-state index >= 15 is 0 Å². The minimum atomic E-state index is -1.09. The number of nitro groups is 6. The zero-order valence-electron chi connectivity index (χ0n) is 25.1. The Balaban J connectivity index is 0.000000281. The Morgan fingerprint density at radius 1 is 0.673 bits per heavy atom. The molecule has 0 fully saturated rings. The zero-order chi connectivity index (χ0) is 37.0. The highest BCUT2D eigenvalue weighted by Crippen LogP contribution is 2.31. The maximum absolute atomic E-state index is 12.6. The Morgan fingerprint density at radius 3 is 1.53 bits per heavy atom. The number of rotatable bonds is 12. The number of aliphatic hydroxyl groups excluding tert-OH is 1. The van der Waals surface area contributed by atoms with Gasteiger partial charge in [0.05, 0.1) is 72.0 Å². The molecule has 0 saturated heterocycles. The lowest BCUT2D eigenvalue weighted by molar-refractivity contribution is -0.395. The number of benzene rings is 2. The summed E-state index contributed by atoms with van der Waals surface area (Å²) in [6.45, 7) is -0.0946. The molecule has 0 atom stereocenters. The van der Waals surface area contributed by atoms with Crippen LogP contribution in [0, 0.1) is 66.5 Å². The summed E-state index contributed by atoms with van der Waals surface area (Å²) in [4.78, 5) is 66.2. The molecule has 0 aliphatic carbocycles. The van der Waals surface area contributed by atoms with Crippen molar-refractivity contribution < 1.29 is 43.8 Å². The quantitative estimate of drug-likeness (QED) is 0.164. The summed E-state index contributed by atoms with van der Waals surface area (Å²) in [5.41, 5.74) is -2.36.